The standard InChI is InChI=1S/C29H34FN3O5/c1-28(2)16-32(17-29(3,4)38-28)13-18-7-5-8-19(25(18)30)15-37-23-10-6-9-20-21(23)14-33(27(20)36)22-11-12-24(34)31-26(22)35/h5-10,22H,11-17H2,1-4H3,(H,31,34,35)/i13D2,14D2,15D2,22D. The number of halogens is 1. The Morgan fingerprint density at radius 3 is 2.53 bits per heavy atom. The van der Waals surface area contributed by atoms with E-state index in [2.05, 4.69) is 0 Å². The van der Waals surface area contributed by atoms with Crippen LogP contribution in [0.1, 0.15) is 77.2 Å². The molecule has 1 atom stereocenters. The highest BCUT2D eigenvalue weighted by Crippen LogP contribution is 2.34. The summed E-state index contributed by atoms with van der Waals surface area (Å²) in [6.07, 6.45) is -0.772. The quantitative estimate of drug-likeness (QED) is 0.575. The molecule has 3 aliphatic heterocycles. The molecule has 2 aromatic carbocycles. The summed E-state index contributed by atoms with van der Waals surface area (Å²) in [4.78, 5) is 39.6. The zero-order valence-electron chi connectivity index (χ0n) is 28.6. The van der Waals surface area contributed by atoms with Crippen molar-refractivity contribution >= 4 is 17.7 Å². The number of amides is 3. The number of imide groups is 1. The van der Waals surface area contributed by atoms with Gasteiger partial charge in [0.1, 0.15) is 24.1 Å². The van der Waals surface area contributed by atoms with Gasteiger partial charge in [-0.2, -0.15) is 0 Å². The van der Waals surface area contributed by atoms with Gasteiger partial charge in [-0.1, -0.05) is 24.3 Å². The van der Waals surface area contributed by atoms with E-state index in [1.165, 1.54) is 35.2 Å². The normalized spacial score (nSPS) is 29.6. The molecule has 0 bridgehead atoms. The predicted octanol–water partition coefficient (Wildman–Crippen LogP) is 3.56. The molecular weight excluding hydrogens is 489 g/mol. The van der Waals surface area contributed by atoms with E-state index in [0.29, 0.717) is 4.90 Å². The van der Waals surface area contributed by atoms with Gasteiger partial charge in [0.25, 0.3) is 5.91 Å². The summed E-state index contributed by atoms with van der Waals surface area (Å²) in [5, 5.41) is 1.96. The lowest BCUT2D eigenvalue weighted by molar-refractivity contribution is -0.182. The Balaban J connectivity index is 1.51. The van der Waals surface area contributed by atoms with E-state index < -0.39 is 89.2 Å². The number of carbonyl (C=O) groups excluding carboxylic acids is 3. The van der Waals surface area contributed by atoms with Crippen LogP contribution in [0, 0.1) is 5.82 Å². The minimum Gasteiger partial charge on any atom is -0.488 e. The Morgan fingerprint density at radius 2 is 1.82 bits per heavy atom. The molecule has 3 heterocycles. The van der Waals surface area contributed by atoms with Gasteiger partial charge in [0.15, 0.2) is 0 Å². The van der Waals surface area contributed by atoms with Crippen LogP contribution >= 0.6 is 0 Å². The average molecular weight is 531 g/mol. The maximum absolute atomic E-state index is 16.2. The summed E-state index contributed by atoms with van der Waals surface area (Å²) < 4.78 is 89.2. The first-order valence-electron chi connectivity index (χ1n) is 15.8. The minimum atomic E-state index is -3.01. The van der Waals surface area contributed by atoms with Crippen LogP contribution < -0.4 is 10.1 Å². The number of hydrogen-bond acceptors (Lipinski definition) is 6. The van der Waals surface area contributed by atoms with Gasteiger partial charge in [-0.3, -0.25) is 24.6 Å². The number of benzene rings is 2. The van der Waals surface area contributed by atoms with Crippen molar-refractivity contribution in [1.82, 2.24) is 15.1 Å². The lowest BCUT2D eigenvalue weighted by Gasteiger charge is -2.47. The fourth-order valence-corrected chi connectivity index (χ4v) is 5.05. The van der Waals surface area contributed by atoms with Crippen LogP contribution in [-0.2, 0) is 33.9 Å². The molecule has 3 aliphatic rings. The lowest BCUT2D eigenvalue weighted by atomic mass is 9.98. The smallest absolute Gasteiger partial charge is 0.255 e. The molecule has 1 unspecified atom stereocenters. The van der Waals surface area contributed by atoms with E-state index in [1.807, 2.05) is 5.32 Å². The molecule has 2 saturated heterocycles. The third-order valence-electron chi connectivity index (χ3n) is 6.30. The maximum Gasteiger partial charge on any atom is 0.255 e. The molecule has 0 saturated carbocycles. The van der Waals surface area contributed by atoms with Gasteiger partial charge in [0, 0.05) is 51.0 Å². The van der Waals surface area contributed by atoms with Crippen LogP contribution in [0.4, 0.5) is 4.39 Å². The second-order valence-electron chi connectivity index (χ2n) is 10.7. The maximum atomic E-state index is 16.2. The Hall–Kier alpha value is -3.30. The molecule has 9 heteroatoms. The molecule has 0 spiro atoms. The van der Waals surface area contributed by atoms with Gasteiger partial charge in [-0.15, -0.1) is 0 Å². The molecule has 0 aromatic heterocycles. The highest BCUT2D eigenvalue weighted by atomic mass is 19.1. The number of fused-ring (bicyclic) bond motifs is 1. The van der Waals surface area contributed by atoms with Crippen LogP contribution in [-0.4, -0.2) is 57.8 Å². The third-order valence-corrected chi connectivity index (χ3v) is 6.30. The van der Waals surface area contributed by atoms with Crippen LogP contribution in [0.5, 0.6) is 5.75 Å². The first-order valence-corrected chi connectivity index (χ1v) is 12.3. The summed E-state index contributed by atoms with van der Waals surface area (Å²) in [6.45, 7) is -0.850. The van der Waals surface area contributed by atoms with Crippen molar-refractivity contribution in [1.29, 1.82) is 0 Å². The van der Waals surface area contributed by atoms with Crippen LogP contribution in [0.3, 0.4) is 0 Å². The summed E-state index contributed by atoms with van der Waals surface area (Å²) >= 11 is 0. The van der Waals surface area contributed by atoms with E-state index in [1.54, 1.807) is 27.7 Å². The molecule has 5 rings (SSSR count). The fraction of sp³-hybridized carbons (Fsp3) is 0.483. The van der Waals surface area contributed by atoms with Crippen molar-refractivity contribution in [3.63, 3.8) is 0 Å². The van der Waals surface area contributed by atoms with Gasteiger partial charge in [-0.05, 0) is 46.2 Å². The molecule has 0 aliphatic carbocycles. The van der Waals surface area contributed by atoms with Crippen LogP contribution in [0.2, 0.25) is 0 Å². The van der Waals surface area contributed by atoms with Gasteiger partial charge >= 0.3 is 0 Å². The molecule has 1 N–H and O–H groups in total. The Morgan fingerprint density at radius 1 is 1.13 bits per heavy atom. The van der Waals surface area contributed by atoms with E-state index in [9.17, 15) is 14.4 Å². The number of piperidine rings is 1. The van der Waals surface area contributed by atoms with Crippen LogP contribution in [0.15, 0.2) is 36.4 Å². The summed E-state index contributed by atoms with van der Waals surface area (Å²) in [5.41, 5.74) is -3.40. The van der Waals surface area contributed by atoms with E-state index in [4.69, 9.17) is 19.1 Å². The summed E-state index contributed by atoms with van der Waals surface area (Å²) in [5.74, 6) is -4.59. The Labute approximate surface area is 231 Å². The fourth-order valence-electron chi connectivity index (χ4n) is 5.05. The highest BCUT2D eigenvalue weighted by Gasteiger charge is 2.40. The van der Waals surface area contributed by atoms with Gasteiger partial charge in [-0.25, -0.2) is 4.39 Å². The Bertz CT molecular complexity index is 1590. The Kier molecular flexibility index (Phi) is 4.86. The molecular formula is C29H34FN3O5. The lowest BCUT2D eigenvalue weighted by Crippen LogP contribution is -2.56. The van der Waals surface area contributed by atoms with E-state index in [0.717, 1.165) is 6.07 Å². The minimum absolute atomic E-state index is 0.121. The number of ether oxygens (including phenoxy) is 2. The first kappa shape index (κ1) is 18.9. The van der Waals surface area contributed by atoms with Crippen molar-refractivity contribution in [2.24, 2.45) is 0 Å². The van der Waals surface area contributed by atoms with E-state index in [-0.39, 0.29) is 25.1 Å². The molecule has 2 aromatic rings. The third kappa shape index (κ3) is 5.31. The van der Waals surface area contributed by atoms with Crippen molar-refractivity contribution in [2.45, 2.75) is 77.3 Å². The monoisotopic (exact) mass is 530 g/mol. The summed E-state index contributed by atoms with van der Waals surface area (Å²) in [7, 11) is 0. The highest BCUT2D eigenvalue weighted by molar-refractivity contribution is 6.05. The zero-order valence-corrected chi connectivity index (χ0v) is 21.6. The molecule has 3 amide bonds. The number of carbonyl (C=O) groups is 3. The van der Waals surface area contributed by atoms with Gasteiger partial charge in [0.05, 0.1) is 24.6 Å². The number of nitrogens with one attached hydrogen (secondary N) is 1. The average Bonchev–Trinajstić information content (AvgIpc) is 3.10. The number of hydrogen-bond donors (Lipinski definition) is 1. The largest absolute Gasteiger partial charge is 0.488 e. The predicted molar refractivity (Wildman–Crippen MR) is 138 cm³/mol. The number of rotatable bonds is 6. The van der Waals surface area contributed by atoms with Crippen molar-refractivity contribution in [3.05, 3.63) is 64.5 Å². The second kappa shape index (κ2) is 9.78. The zero-order chi connectivity index (χ0) is 33.5. The van der Waals surface area contributed by atoms with Crippen molar-refractivity contribution < 1.29 is 37.8 Å². The van der Waals surface area contributed by atoms with Crippen molar-refractivity contribution in [3.8, 4) is 5.75 Å². The van der Waals surface area contributed by atoms with Gasteiger partial charge in [0.2, 0.25) is 11.8 Å². The number of nitrogens with zero attached hydrogens (tertiary/aromatic N) is 2. The molecule has 38 heavy (non-hydrogen) atoms. The van der Waals surface area contributed by atoms with Crippen LogP contribution in [0.25, 0.3) is 0 Å². The molecule has 2 fully saturated rings. The topological polar surface area (TPSA) is 88.2 Å². The van der Waals surface area contributed by atoms with Gasteiger partial charge < -0.3 is 14.4 Å². The second-order valence-corrected chi connectivity index (χ2v) is 10.7. The van der Waals surface area contributed by atoms with E-state index >= 15 is 4.39 Å². The summed E-state index contributed by atoms with van der Waals surface area (Å²) in [6, 6.07) is 4.79. The van der Waals surface area contributed by atoms with Crippen molar-refractivity contribution in [2.75, 3.05) is 13.1 Å². The SMILES string of the molecule is [2H]C([2H])(Oc1cccc2c1C([2H])([2H])N(C1([2H])CCC(=O)NC1=O)C2=O)c1cccc(C([2H])([2H])N2CC(C)(C)OC(C)(C)C2)c1F. The molecule has 8 nitrogen and oxygen atoms in total. The molecule has 0 radical (unpaired) electrons. The molecule has 202 valence electrons. The number of morpholine rings is 1. The first-order chi connectivity index (χ1) is 20.5.